The Bertz CT molecular complexity index is 1070. The van der Waals surface area contributed by atoms with Crippen LogP contribution in [0.3, 0.4) is 0 Å². The molecule has 1 unspecified atom stereocenters. The van der Waals surface area contributed by atoms with Gasteiger partial charge in [0.25, 0.3) is 0 Å². The van der Waals surface area contributed by atoms with Gasteiger partial charge in [0.05, 0.1) is 6.26 Å². The van der Waals surface area contributed by atoms with Crippen LogP contribution in [0.5, 0.6) is 0 Å². The Morgan fingerprint density at radius 1 is 1.19 bits per heavy atom. The second-order valence-electron chi connectivity index (χ2n) is 7.84. The van der Waals surface area contributed by atoms with Gasteiger partial charge in [-0.25, -0.2) is 12.8 Å². The van der Waals surface area contributed by atoms with Crippen LogP contribution in [-0.4, -0.2) is 37.5 Å². The Balaban J connectivity index is 2.70. The van der Waals surface area contributed by atoms with Crippen molar-refractivity contribution in [1.82, 2.24) is 9.97 Å². The minimum absolute atomic E-state index is 0.0177. The molecule has 6 nitrogen and oxygen atoms in total. The fourth-order valence-electron chi connectivity index (χ4n) is 2.84. The summed E-state index contributed by atoms with van der Waals surface area (Å²) in [5.74, 6) is -0.259. The van der Waals surface area contributed by atoms with Gasteiger partial charge in [-0.3, -0.25) is 0 Å². The zero-order valence-corrected chi connectivity index (χ0v) is 20.4. The van der Waals surface area contributed by atoms with E-state index < -0.39 is 15.8 Å². The third kappa shape index (κ3) is 6.70. The van der Waals surface area contributed by atoms with Crippen LogP contribution in [0.15, 0.2) is 30.3 Å². The zero-order valence-electron chi connectivity index (χ0n) is 18.3. The summed E-state index contributed by atoms with van der Waals surface area (Å²) in [5.41, 5.74) is 2.24. The maximum absolute atomic E-state index is 13.5. The first-order chi connectivity index (χ1) is 14.4. The van der Waals surface area contributed by atoms with Crippen LogP contribution in [0.25, 0.3) is 17.3 Å². The summed E-state index contributed by atoms with van der Waals surface area (Å²) in [6.07, 6.45) is 4.65. The number of halogens is 1. The summed E-state index contributed by atoms with van der Waals surface area (Å²) < 4.78 is 38.6. The van der Waals surface area contributed by atoms with Gasteiger partial charge in [0, 0.05) is 0 Å². The van der Waals surface area contributed by atoms with E-state index in [2.05, 4.69) is 26.3 Å². The SMILES string of the molecule is CC([CH2][Cr])CC(=O)/C=C/c1c(-c2ccc(F)cc2)nc(N(C)S(C)(=O)=O)nc1C(C)C. The van der Waals surface area contributed by atoms with Gasteiger partial charge in [0.15, 0.2) is 0 Å². The molecule has 1 heterocycles. The first-order valence-electron chi connectivity index (χ1n) is 9.84. The molecule has 0 aliphatic heterocycles. The number of nitrogens with zero attached hydrogens (tertiary/aromatic N) is 3. The van der Waals surface area contributed by atoms with Crippen LogP contribution in [0.4, 0.5) is 10.3 Å². The third-order valence-corrected chi connectivity index (χ3v) is 6.72. The van der Waals surface area contributed by atoms with Gasteiger partial charge < -0.3 is 0 Å². The Morgan fingerprint density at radius 3 is 2.32 bits per heavy atom. The summed E-state index contributed by atoms with van der Waals surface area (Å²) in [7, 11) is -2.21. The molecule has 0 spiro atoms. The Morgan fingerprint density at radius 2 is 1.81 bits per heavy atom. The number of hydrogen-bond acceptors (Lipinski definition) is 5. The van der Waals surface area contributed by atoms with Crippen molar-refractivity contribution in [2.75, 3.05) is 17.6 Å². The van der Waals surface area contributed by atoms with E-state index in [-0.39, 0.29) is 23.6 Å². The number of ketones is 1. The number of carbonyl (C=O) groups excluding carboxylic acids is 1. The predicted octanol–water partition coefficient (Wildman–Crippen LogP) is 4.38. The van der Waals surface area contributed by atoms with Crippen LogP contribution in [0, 0.1) is 11.7 Å². The van der Waals surface area contributed by atoms with Crippen molar-refractivity contribution in [3.8, 4) is 11.3 Å². The van der Waals surface area contributed by atoms with E-state index in [0.717, 1.165) is 15.8 Å². The monoisotopic (exact) mass is 484 g/mol. The Hall–Kier alpha value is -2.08. The molecule has 0 radical (unpaired) electrons. The molecule has 0 bridgehead atoms. The van der Waals surface area contributed by atoms with Crippen LogP contribution in [0.2, 0.25) is 5.28 Å². The topological polar surface area (TPSA) is 80.2 Å². The molecule has 1 aromatic carbocycles. The van der Waals surface area contributed by atoms with Crippen LogP contribution < -0.4 is 4.31 Å². The molecule has 1 atom stereocenters. The number of carbonyl (C=O) groups is 1. The summed E-state index contributed by atoms with van der Waals surface area (Å²) in [4.78, 5) is 21.4. The molecule has 0 fully saturated rings. The van der Waals surface area contributed by atoms with Gasteiger partial charge in [-0.05, 0) is 0 Å². The van der Waals surface area contributed by atoms with Gasteiger partial charge in [0.2, 0.25) is 0 Å². The molecule has 0 saturated carbocycles. The average molecular weight is 485 g/mol. The van der Waals surface area contributed by atoms with Crippen molar-refractivity contribution in [2.24, 2.45) is 5.92 Å². The number of allylic oxidation sites excluding steroid dienone is 1. The standard InChI is InChI=1S/C22H27FN3O3S.Cr/c1-14(2)13-18(27)11-12-19-20(15(3)4)24-22(26(5)30(6,28)29)25-21(19)16-7-9-17(23)10-8-16;/h7-12,14-15H,1,13H2,2-6H3;/b12-11+;. The molecule has 167 valence electrons. The fourth-order valence-corrected chi connectivity index (χ4v) is 3.40. The van der Waals surface area contributed by atoms with E-state index in [1.165, 1.54) is 25.3 Å². The van der Waals surface area contributed by atoms with Crippen molar-refractivity contribution >= 4 is 27.8 Å². The summed E-state index contributed by atoms with van der Waals surface area (Å²) >= 11 is 2.93. The minimum atomic E-state index is -3.59. The molecular weight excluding hydrogens is 457 g/mol. The van der Waals surface area contributed by atoms with Gasteiger partial charge >= 0.3 is 173 Å². The molecule has 9 heteroatoms. The number of aromatic nitrogens is 2. The number of hydrogen-bond donors (Lipinski definition) is 0. The molecule has 0 aliphatic carbocycles. The molecule has 0 aliphatic rings. The second-order valence-corrected chi connectivity index (χ2v) is 10.4. The summed E-state index contributed by atoms with van der Waals surface area (Å²) in [6.45, 7) is 5.84. The van der Waals surface area contributed by atoms with E-state index in [1.807, 2.05) is 20.8 Å². The quantitative estimate of drug-likeness (QED) is 0.494. The zero-order chi connectivity index (χ0) is 23.3. The van der Waals surface area contributed by atoms with Crippen molar-refractivity contribution in [3.05, 3.63) is 47.4 Å². The van der Waals surface area contributed by atoms with Crippen molar-refractivity contribution in [2.45, 2.75) is 38.4 Å². The normalized spacial score (nSPS) is 13.0. The Kier molecular flexibility index (Phi) is 8.52. The first kappa shape index (κ1) is 25.2. The molecule has 0 N–H and O–H groups in total. The van der Waals surface area contributed by atoms with Gasteiger partial charge in [0.1, 0.15) is 0 Å². The number of anilines is 1. The number of rotatable bonds is 9. The van der Waals surface area contributed by atoms with Crippen LogP contribution >= 0.6 is 0 Å². The van der Waals surface area contributed by atoms with Gasteiger partial charge in [-0.2, -0.15) is 0 Å². The first-order valence-corrected chi connectivity index (χ1v) is 12.6. The van der Waals surface area contributed by atoms with E-state index in [1.54, 1.807) is 18.2 Å². The van der Waals surface area contributed by atoms with E-state index in [0.29, 0.717) is 28.9 Å². The molecule has 31 heavy (non-hydrogen) atoms. The van der Waals surface area contributed by atoms with E-state index in [4.69, 9.17) is 0 Å². The van der Waals surface area contributed by atoms with Gasteiger partial charge in [-0.15, -0.1) is 0 Å². The van der Waals surface area contributed by atoms with Crippen molar-refractivity contribution in [3.63, 3.8) is 0 Å². The molecule has 2 rings (SSSR count). The Labute approximate surface area is 192 Å². The molecule has 1 aromatic heterocycles. The summed E-state index contributed by atoms with van der Waals surface area (Å²) in [6, 6.07) is 5.76. The number of sulfonamides is 1. The summed E-state index contributed by atoms with van der Waals surface area (Å²) in [5, 5.41) is 0.785. The third-order valence-electron chi connectivity index (χ3n) is 4.68. The fraction of sp³-hybridized carbons (Fsp3) is 0.409. The molecule has 2 aromatic rings. The predicted molar refractivity (Wildman–Crippen MR) is 117 cm³/mol. The maximum atomic E-state index is 13.5. The second kappa shape index (κ2) is 10.5. The molecule has 0 amide bonds. The van der Waals surface area contributed by atoms with Crippen LogP contribution in [0.1, 0.15) is 44.4 Å². The van der Waals surface area contributed by atoms with Crippen LogP contribution in [-0.2, 0) is 31.1 Å². The van der Waals surface area contributed by atoms with E-state index >= 15 is 0 Å². The van der Waals surface area contributed by atoms with E-state index in [9.17, 15) is 17.6 Å². The number of benzene rings is 1. The van der Waals surface area contributed by atoms with Crippen molar-refractivity contribution < 1.29 is 33.9 Å². The molecule has 0 saturated heterocycles. The van der Waals surface area contributed by atoms with Gasteiger partial charge in [-0.1, -0.05) is 0 Å². The van der Waals surface area contributed by atoms with Crippen molar-refractivity contribution in [1.29, 1.82) is 0 Å². The average Bonchev–Trinajstić information content (AvgIpc) is 2.70. The molecular formula is C22H27CrFN3O3S.